The number of methoxy groups -OCH3 is 2. The smallest absolute Gasteiger partial charge is 0.289 e. The third-order valence-corrected chi connectivity index (χ3v) is 6.23. The molecule has 158 valence electrons. The van der Waals surface area contributed by atoms with Crippen LogP contribution in [0.15, 0.2) is 59.5 Å². The Morgan fingerprint density at radius 2 is 1.66 bits per heavy atom. The molecule has 1 N–H and O–H groups in total. The summed E-state index contributed by atoms with van der Waals surface area (Å²) in [5.41, 5.74) is 0.206. The molecule has 10 heteroatoms. The highest BCUT2D eigenvalue weighted by atomic mass is 32.2. The number of rotatable bonds is 11. The molecule has 2 aromatic rings. The molecule has 29 heavy (non-hydrogen) atoms. The van der Waals surface area contributed by atoms with Crippen molar-refractivity contribution in [3.05, 3.63) is 70.3 Å². The molecule has 0 aliphatic carbocycles. The van der Waals surface area contributed by atoms with Crippen molar-refractivity contribution in [2.24, 2.45) is 0 Å². The largest absolute Gasteiger partial charge is 0.388 e. The first-order valence-corrected chi connectivity index (χ1v) is 10.3. The molecule has 0 radical (unpaired) electrons. The van der Waals surface area contributed by atoms with E-state index in [1.165, 1.54) is 32.4 Å². The molecule has 9 nitrogen and oxygen atoms in total. The van der Waals surface area contributed by atoms with Gasteiger partial charge in [0.1, 0.15) is 6.10 Å². The van der Waals surface area contributed by atoms with Crippen molar-refractivity contribution in [2.45, 2.75) is 30.3 Å². The molecular weight excluding hydrogens is 400 g/mol. The van der Waals surface area contributed by atoms with Crippen molar-refractivity contribution >= 4 is 15.7 Å². The SMILES string of the molecule is COC(OC)C(O)CCN(Cc1ccccc1)S(=O)(=O)c1ccccc1[N+](=O)[O-]. The molecule has 2 aromatic carbocycles. The Balaban J connectivity index is 2.37. The van der Waals surface area contributed by atoms with Gasteiger partial charge in [0.2, 0.25) is 10.0 Å². The molecule has 0 amide bonds. The first-order valence-electron chi connectivity index (χ1n) is 8.82. The zero-order valence-corrected chi connectivity index (χ0v) is 17.0. The minimum atomic E-state index is -4.21. The predicted molar refractivity (Wildman–Crippen MR) is 106 cm³/mol. The number of nitro benzene ring substituents is 1. The van der Waals surface area contributed by atoms with E-state index in [2.05, 4.69) is 0 Å². The number of aliphatic hydroxyl groups excluding tert-OH is 1. The maximum absolute atomic E-state index is 13.3. The molecule has 0 heterocycles. The second kappa shape index (κ2) is 10.4. The van der Waals surface area contributed by atoms with Gasteiger partial charge in [-0.3, -0.25) is 10.1 Å². The quantitative estimate of drug-likeness (QED) is 0.333. The molecule has 0 saturated heterocycles. The van der Waals surface area contributed by atoms with Crippen LogP contribution in [0.3, 0.4) is 0 Å². The minimum absolute atomic E-state index is 0.00737. The lowest BCUT2D eigenvalue weighted by Crippen LogP contribution is -2.37. The summed E-state index contributed by atoms with van der Waals surface area (Å²) in [4.78, 5) is 10.2. The summed E-state index contributed by atoms with van der Waals surface area (Å²) >= 11 is 0. The van der Waals surface area contributed by atoms with Gasteiger partial charge in [-0.25, -0.2) is 8.42 Å². The second-order valence-corrected chi connectivity index (χ2v) is 8.15. The lowest BCUT2D eigenvalue weighted by atomic mass is 10.2. The molecule has 2 rings (SSSR count). The summed E-state index contributed by atoms with van der Waals surface area (Å²) in [6.07, 6.45) is -1.98. The number of hydrogen-bond acceptors (Lipinski definition) is 7. The first kappa shape index (κ1) is 22.9. The maximum Gasteiger partial charge on any atom is 0.289 e. The van der Waals surface area contributed by atoms with E-state index in [1.807, 2.05) is 0 Å². The van der Waals surface area contributed by atoms with Gasteiger partial charge in [0.25, 0.3) is 5.69 Å². The number of hydrogen-bond donors (Lipinski definition) is 1. The van der Waals surface area contributed by atoms with Gasteiger partial charge in [-0.05, 0) is 18.1 Å². The fourth-order valence-electron chi connectivity index (χ4n) is 2.86. The van der Waals surface area contributed by atoms with Crippen LogP contribution >= 0.6 is 0 Å². The average molecular weight is 424 g/mol. The van der Waals surface area contributed by atoms with E-state index in [9.17, 15) is 23.6 Å². The van der Waals surface area contributed by atoms with Gasteiger partial charge in [-0.1, -0.05) is 42.5 Å². The standard InChI is InChI=1S/C19H24N2O7S/c1-27-19(28-2)17(22)12-13-20(14-15-8-4-3-5-9-15)29(25,26)18-11-7-6-10-16(18)21(23)24/h3-11,17,19,22H,12-14H2,1-2H3. The van der Waals surface area contributed by atoms with Crippen LogP contribution in [0.25, 0.3) is 0 Å². The number of para-hydroxylation sites is 1. The van der Waals surface area contributed by atoms with Gasteiger partial charge in [-0.15, -0.1) is 0 Å². The van der Waals surface area contributed by atoms with Gasteiger partial charge in [0, 0.05) is 33.4 Å². The van der Waals surface area contributed by atoms with Crippen molar-refractivity contribution in [1.82, 2.24) is 4.31 Å². The van der Waals surface area contributed by atoms with Crippen LogP contribution in [-0.2, 0) is 26.0 Å². The van der Waals surface area contributed by atoms with Crippen molar-refractivity contribution in [1.29, 1.82) is 0 Å². The van der Waals surface area contributed by atoms with Crippen LogP contribution in [0.5, 0.6) is 0 Å². The number of aliphatic hydroxyl groups is 1. The lowest BCUT2D eigenvalue weighted by Gasteiger charge is -2.25. The number of sulfonamides is 1. The Morgan fingerprint density at radius 3 is 2.24 bits per heavy atom. The fraction of sp³-hybridized carbons (Fsp3) is 0.368. The van der Waals surface area contributed by atoms with Crippen molar-refractivity contribution in [3.63, 3.8) is 0 Å². The maximum atomic E-state index is 13.3. The average Bonchev–Trinajstić information content (AvgIpc) is 2.72. The van der Waals surface area contributed by atoms with Crippen LogP contribution in [-0.4, -0.2) is 55.9 Å². The molecule has 0 spiro atoms. The highest BCUT2D eigenvalue weighted by molar-refractivity contribution is 7.89. The van der Waals surface area contributed by atoms with Gasteiger partial charge < -0.3 is 14.6 Å². The number of benzene rings is 2. The Hall–Kier alpha value is -2.37. The van der Waals surface area contributed by atoms with Gasteiger partial charge >= 0.3 is 0 Å². The summed E-state index contributed by atoms with van der Waals surface area (Å²) in [7, 11) is -1.48. The summed E-state index contributed by atoms with van der Waals surface area (Å²) in [5.74, 6) is 0. The molecule has 0 aliphatic heterocycles. The van der Waals surface area contributed by atoms with Crippen LogP contribution in [0.4, 0.5) is 5.69 Å². The molecule has 0 saturated carbocycles. The van der Waals surface area contributed by atoms with Crippen LogP contribution in [0.2, 0.25) is 0 Å². The monoisotopic (exact) mass is 424 g/mol. The van der Waals surface area contributed by atoms with Gasteiger partial charge in [-0.2, -0.15) is 4.31 Å². The molecular formula is C19H24N2O7S. The van der Waals surface area contributed by atoms with Gasteiger partial charge in [0.05, 0.1) is 4.92 Å². The predicted octanol–water partition coefficient (Wildman–Crippen LogP) is 2.16. The Bertz CT molecular complexity index is 902. The van der Waals surface area contributed by atoms with E-state index in [0.717, 1.165) is 10.4 Å². The number of nitro groups is 1. The molecule has 0 bridgehead atoms. The lowest BCUT2D eigenvalue weighted by molar-refractivity contribution is -0.387. The van der Waals surface area contributed by atoms with Crippen molar-refractivity contribution < 1.29 is 27.9 Å². The first-order chi connectivity index (χ1) is 13.8. The Morgan fingerprint density at radius 1 is 1.07 bits per heavy atom. The summed E-state index contributed by atoms with van der Waals surface area (Å²) in [5, 5.41) is 21.6. The zero-order chi connectivity index (χ0) is 21.4. The van der Waals surface area contributed by atoms with Crippen LogP contribution in [0.1, 0.15) is 12.0 Å². The summed E-state index contributed by atoms with van der Waals surface area (Å²) in [6, 6.07) is 14.0. The van der Waals surface area contributed by atoms with Crippen molar-refractivity contribution in [2.75, 3.05) is 20.8 Å². The van der Waals surface area contributed by atoms with E-state index in [-0.39, 0.29) is 19.5 Å². The van der Waals surface area contributed by atoms with Gasteiger partial charge in [0.15, 0.2) is 11.2 Å². The minimum Gasteiger partial charge on any atom is -0.388 e. The molecule has 0 fully saturated rings. The molecule has 1 unspecified atom stereocenters. The van der Waals surface area contributed by atoms with Crippen molar-refractivity contribution in [3.8, 4) is 0 Å². The van der Waals surface area contributed by atoms with E-state index < -0.39 is 37.9 Å². The van der Waals surface area contributed by atoms with Crippen LogP contribution < -0.4 is 0 Å². The molecule has 0 aliphatic rings. The second-order valence-electron chi connectivity index (χ2n) is 6.24. The Labute approximate surface area is 169 Å². The third-order valence-electron chi connectivity index (χ3n) is 4.33. The van der Waals surface area contributed by atoms with Crippen LogP contribution in [0, 0.1) is 10.1 Å². The van der Waals surface area contributed by atoms with E-state index in [1.54, 1.807) is 30.3 Å². The highest BCUT2D eigenvalue weighted by Crippen LogP contribution is 2.27. The Kier molecular flexibility index (Phi) is 8.23. The fourth-order valence-corrected chi connectivity index (χ4v) is 4.46. The van der Waals surface area contributed by atoms with E-state index in [4.69, 9.17) is 9.47 Å². The zero-order valence-electron chi connectivity index (χ0n) is 16.2. The number of nitrogens with zero attached hydrogens (tertiary/aromatic N) is 2. The molecule has 1 atom stereocenters. The highest BCUT2D eigenvalue weighted by Gasteiger charge is 2.32. The topological polar surface area (TPSA) is 119 Å². The summed E-state index contributed by atoms with van der Waals surface area (Å²) < 4.78 is 37.6. The molecule has 0 aromatic heterocycles. The number of ether oxygens (including phenoxy) is 2. The normalized spacial score (nSPS) is 13.0. The van der Waals surface area contributed by atoms with E-state index >= 15 is 0 Å². The summed E-state index contributed by atoms with van der Waals surface area (Å²) in [6.45, 7) is -0.0970. The third kappa shape index (κ3) is 5.81. The van der Waals surface area contributed by atoms with E-state index in [0.29, 0.717) is 5.56 Å².